The second-order valence-electron chi connectivity index (χ2n) is 10.6. The summed E-state index contributed by atoms with van der Waals surface area (Å²) in [4.78, 5) is 13.4. The number of benzene rings is 2. The van der Waals surface area contributed by atoms with Crippen LogP contribution in [0.15, 0.2) is 41.5 Å². The first-order chi connectivity index (χ1) is 16.9. The standard InChI is InChI=1S/C30H34O6/c1-16(2)7-9-18-13-19(14-23(32)26(18)33)24-15-22(31)25-27(34)20-11-12-30(5,6)36-28(20)21(29(25)35-24)10-8-17(3)4/h7-8,11-14,24,32-34H,9-10,15H2,1-6H3/t24-/m1/s1. The van der Waals surface area contributed by atoms with Crippen LogP contribution in [0.3, 0.4) is 0 Å². The summed E-state index contributed by atoms with van der Waals surface area (Å²) in [5.41, 5.74) is 4.04. The van der Waals surface area contributed by atoms with Crippen LogP contribution < -0.4 is 9.47 Å². The van der Waals surface area contributed by atoms with Gasteiger partial charge in [-0.25, -0.2) is 0 Å². The van der Waals surface area contributed by atoms with Crippen molar-refractivity contribution in [1.82, 2.24) is 0 Å². The van der Waals surface area contributed by atoms with E-state index < -0.39 is 11.7 Å². The molecule has 0 unspecified atom stereocenters. The Hall–Kier alpha value is -3.67. The summed E-state index contributed by atoms with van der Waals surface area (Å²) in [5, 5.41) is 31.9. The minimum Gasteiger partial charge on any atom is -0.506 e. The van der Waals surface area contributed by atoms with E-state index in [-0.39, 0.29) is 35.0 Å². The first-order valence-corrected chi connectivity index (χ1v) is 12.2. The van der Waals surface area contributed by atoms with Crippen LogP contribution >= 0.6 is 0 Å². The van der Waals surface area contributed by atoms with Gasteiger partial charge in [-0.2, -0.15) is 0 Å². The smallest absolute Gasteiger partial charge is 0.174 e. The number of aromatic hydroxyl groups is 3. The first kappa shape index (κ1) is 25.4. The van der Waals surface area contributed by atoms with Gasteiger partial charge in [0, 0.05) is 11.1 Å². The summed E-state index contributed by atoms with van der Waals surface area (Å²) in [6.07, 6.45) is 7.83. The summed E-state index contributed by atoms with van der Waals surface area (Å²) in [6, 6.07) is 3.19. The van der Waals surface area contributed by atoms with Crippen LogP contribution in [-0.4, -0.2) is 26.7 Å². The summed E-state index contributed by atoms with van der Waals surface area (Å²) in [6.45, 7) is 11.8. The maximum absolute atomic E-state index is 13.4. The van der Waals surface area contributed by atoms with Crippen LogP contribution in [0, 0.1) is 0 Å². The molecule has 0 saturated carbocycles. The van der Waals surface area contributed by atoms with Crippen molar-refractivity contribution in [1.29, 1.82) is 0 Å². The normalized spacial score (nSPS) is 17.4. The lowest BCUT2D eigenvalue weighted by atomic mass is 9.88. The second kappa shape index (κ2) is 9.41. The van der Waals surface area contributed by atoms with Gasteiger partial charge in [-0.1, -0.05) is 23.3 Å². The fraction of sp³-hybridized carbons (Fsp3) is 0.367. The molecular weight excluding hydrogens is 456 g/mol. The third kappa shape index (κ3) is 4.85. The number of hydrogen-bond donors (Lipinski definition) is 3. The van der Waals surface area contributed by atoms with Gasteiger partial charge in [-0.15, -0.1) is 0 Å². The SMILES string of the molecule is CC(C)=CCc1cc([C@H]2CC(=O)c3c(O)c4c(c(CC=C(C)C)c3O2)OC(C)(C)C=C4)cc(O)c1O. The van der Waals surface area contributed by atoms with Gasteiger partial charge in [0.05, 0.1) is 12.0 Å². The number of ketones is 1. The number of carbonyl (C=O) groups excluding carboxylic acids is 1. The molecule has 0 aliphatic carbocycles. The molecule has 0 radical (unpaired) electrons. The van der Waals surface area contributed by atoms with E-state index in [2.05, 4.69) is 0 Å². The van der Waals surface area contributed by atoms with Crippen molar-refractivity contribution < 1.29 is 29.6 Å². The fourth-order valence-corrected chi connectivity index (χ4v) is 4.50. The minimum atomic E-state index is -0.697. The van der Waals surface area contributed by atoms with E-state index >= 15 is 0 Å². The molecule has 0 amide bonds. The lowest BCUT2D eigenvalue weighted by Gasteiger charge is -2.34. The van der Waals surface area contributed by atoms with Crippen LogP contribution in [0.25, 0.3) is 6.08 Å². The van der Waals surface area contributed by atoms with Crippen molar-refractivity contribution in [3.63, 3.8) is 0 Å². The van der Waals surface area contributed by atoms with Gasteiger partial charge in [0.25, 0.3) is 0 Å². The van der Waals surface area contributed by atoms with Crippen LogP contribution in [0.5, 0.6) is 28.7 Å². The van der Waals surface area contributed by atoms with Gasteiger partial charge in [0.2, 0.25) is 0 Å². The fourth-order valence-electron chi connectivity index (χ4n) is 4.50. The van der Waals surface area contributed by atoms with Gasteiger partial charge >= 0.3 is 0 Å². The predicted octanol–water partition coefficient (Wildman–Crippen LogP) is 6.71. The van der Waals surface area contributed by atoms with E-state index in [1.807, 2.05) is 59.8 Å². The maximum Gasteiger partial charge on any atom is 0.174 e. The number of fused-ring (bicyclic) bond motifs is 2. The average molecular weight is 491 g/mol. The Morgan fingerprint density at radius 2 is 1.67 bits per heavy atom. The Labute approximate surface area is 212 Å². The van der Waals surface area contributed by atoms with Crippen LogP contribution in [0.4, 0.5) is 0 Å². The molecule has 2 aromatic rings. The molecule has 190 valence electrons. The highest BCUT2D eigenvalue weighted by Gasteiger charge is 2.38. The zero-order valence-corrected chi connectivity index (χ0v) is 21.7. The third-order valence-corrected chi connectivity index (χ3v) is 6.45. The van der Waals surface area contributed by atoms with E-state index in [0.29, 0.717) is 46.6 Å². The molecule has 6 heteroatoms. The monoisotopic (exact) mass is 490 g/mol. The Kier molecular flexibility index (Phi) is 6.65. The van der Waals surface area contributed by atoms with Gasteiger partial charge in [0.1, 0.15) is 34.5 Å². The van der Waals surface area contributed by atoms with E-state index in [0.717, 1.165) is 11.1 Å². The van der Waals surface area contributed by atoms with Crippen molar-refractivity contribution in [3.8, 4) is 28.7 Å². The quantitative estimate of drug-likeness (QED) is 0.318. The molecule has 4 rings (SSSR count). The highest BCUT2D eigenvalue weighted by atomic mass is 16.5. The number of hydrogen-bond acceptors (Lipinski definition) is 6. The van der Waals surface area contributed by atoms with Crippen molar-refractivity contribution in [2.24, 2.45) is 0 Å². The lowest BCUT2D eigenvalue weighted by molar-refractivity contribution is 0.0839. The zero-order valence-electron chi connectivity index (χ0n) is 21.7. The molecule has 2 heterocycles. The number of ether oxygens (including phenoxy) is 2. The summed E-state index contributed by atoms with van der Waals surface area (Å²) in [7, 11) is 0. The average Bonchev–Trinajstić information content (AvgIpc) is 2.78. The van der Waals surface area contributed by atoms with Crippen molar-refractivity contribution in [2.45, 2.75) is 72.5 Å². The molecule has 3 N–H and O–H groups in total. The van der Waals surface area contributed by atoms with E-state index in [1.54, 1.807) is 12.1 Å². The second-order valence-corrected chi connectivity index (χ2v) is 10.6. The Bertz CT molecular complexity index is 1320. The number of allylic oxidation sites excluding steroid dienone is 4. The van der Waals surface area contributed by atoms with Gasteiger partial charge < -0.3 is 24.8 Å². The summed E-state index contributed by atoms with van der Waals surface area (Å²) >= 11 is 0. The molecule has 0 fully saturated rings. The first-order valence-electron chi connectivity index (χ1n) is 12.2. The minimum absolute atomic E-state index is 0.0101. The molecule has 0 saturated heterocycles. The topological polar surface area (TPSA) is 96.2 Å². The Balaban J connectivity index is 1.86. The molecule has 1 atom stereocenters. The Morgan fingerprint density at radius 1 is 1.00 bits per heavy atom. The Morgan fingerprint density at radius 3 is 2.33 bits per heavy atom. The summed E-state index contributed by atoms with van der Waals surface area (Å²) in [5.74, 6) is -0.0421. The highest BCUT2D eigenvalue weighted by molar-refractivity contribution is 6.05. The highest BCUT2D eigenvalue weighted by Crippen LogP contribution is 2.51. The molecule has 2 aromatic carbocycles. The van der Waals surface area contributed by atoms with Gasteiger partial charge in [-0.05, 0) is 84.2 Å². The van der Waals surface area contributed by atoms with Crippen molar-refractivity contribution in [2.75, 3.05) is 0 Å². The number of carbonyl (C=O) groups is 1. The van der Waals surface area contributed by atoms with Gasteiger partial charge in [0.15, 0.2) is 17.3 Å². The van der Waals surface area contributed by atoms with E-state index in [1.165, 1.54) is 6.07 Å². The molecule has 36 heavy (non-hydrogen) atoms. The molecule has 0 aromatic heterocycles. The molecule has 0 bridgehead atoms. The van der Waals surface area contributed by atoms with Crippen LogP contribution in [0.2, 0.25) is 0 Å². The predicted molar refractivity (Wildman–Crippen MR) is 140 cm³/mol. The largest absolute Gasteiger partial charge is 0.506 e. The third-order valence-electron chi connectivity index (χ3n) is 6.45. The van der Waals surface area contributed by atoms with E-state index in [9.17, 15) is 20.1 Å². The number of rotatable bonds is 5. The molecule has 6 nitrogen and oxygen atoms in total. The van der Waals surface area contributed by atoms with E-state index in [4.69, 9.17) is 9.47 Å². The zero-order chi connectivity index (χ0) is 26.4. The summed E-state index contributed by atoms with van der Waals surface area (Å²) < 4.78 is 12.7. The van der Waals surface area contributed by atoms with Crippen LogP contribution in [-0.2, 0) is 12.8 Å². The maximum atomic E-state index is 13.4. The molecular formula is C30H34O6. The molecule has 2 aliphatic rings. The lowest BCUT2D eigenvalue weighted by Crippen LogP contribution is -2.29. The van der Waals surface area contributed by atoms with Crippen LogP contribution in [0.1, 0.15) is 86.7 Å². The molecule has 0 spiro atoms. The van der Waals surface area contributed by atoms with Crippen molar-refractivity contribution in [3.05, 3.63) is 69.3 Å². The van der Waals surface area contributed by atoms with Crippen molar-refractivity contribution >= 4 is 11.9 Å². The van der Waals surface area contributed by atoms with Gasteiger partial charge in [-0.3, -0.25) is 4.79 Å². The number of Topliss-reactive ketones (excluding diaryl/α,β-unsaturated/α-hetero) is 1. The number of phenols is 3. The molecule has 2 aliphatic heterocycles. The number of phenolic OH excluding ortho intramolecular Hbond substituents is 3.